The normalized spacial score (nSPS) is 14.0. The third-order valence-corrected chi connectivity index (χ3v) is 6.35. The van der Waals surface area contributed by atoms with Crippen LogP contribution in [-0.4, -0.2) is 11.8 Å². The highest BCUT2D eigenvalue weighted by atomic mass is 32.2. The Labute approximate surface area is 181 Å². The number of thioether (sulfide) groups is 1. The van der Waals surface area contributed by atoms with Gasteiger partial charge in [-0.1, -0.05) is 77.9 Å². The largest absolute Gasteiger partial charge is 0.272 e. The molecule has 2 amide bonds. The molecule has 30 heavy (non-hydrogen) atoms. The molecule has 150 valence electrons. The number of carbonyl (C=O) groups excluding carboxylic acids is 2. The Morgan fingerprint density at radius 2 is 1.43 bits per heavy atom. The number of imide groups is 1. The fourth-order valence-electron chi connectivity index (χ4n) is 3.62. The van der Waals surface area contributed by atoms with Crippen LogP contribution in [0.2, 0.25) is 0 Å². The monoisotopic (exact) mass is 413 g/mol. The summed E-state index contributed by atoms with van der Waals surface area (Å²) in [6.45, 7) is 5.94. The molecule has 4 rings (SSSR count). The van der Waals surface area contributed by atoms with E-state index in [0.29, 0.717) is 21.9 Å². The first-order valence-electron chi connectivity index (χ1n) is 9.90. The van der Waals surface area contributed by atoms with E-state index in [2.05, 4.69) is 0 Å². The fraction of sp³-hybridized carbons (Fsp3) is 0.154. The molecular formula is C26H23NO2S. The number of aryl methyl sites for hydroxylation is 3. The Bertz CT molecular complexity index is 1150. The first kappa shape index (κ1) is 20.2. The van der Waals surface area contributed by atoms with Crippen molar-refractivity contribution in [3.8, 4) is 0 Å². The van der Waals surface area contributed by atoms with Gasteiger partial charge in [-0.3, -0.25) is 9.59 Å². The molecule has 1 aliphatic heterocycles. The molecule has 3 aromatic rings. The Morgan fingerprint density at radius 3 is 2.10 bits per heavy atom. The molecule has 0 N–H and O–H groups in total. The zero-order chi connectivity index (χ0) is 21.3. The minimum Gasteiger partial charge on any atom is -0.268 e. The number of rotatable bonds is 5. The van der Waals surface area contributed by atoms with Crippen molar-refractivity contribution in [2.24, 2.45) is 0 Å². The minimum absolute atomic E-state index is 0.247. The Hall–Kier alpha value is -3.11. The number of benzene rings is 3. The number of hydrogen-bond donors (Lipinski definition) is 0. The molecule has 0 atom stereocenters. The van der Waals surface area contributed by atoms with Gasteiger partial charge in [0.1, 0.15) is 0 Å². The lowest BCUT2D eigenvalue weighted by molar-refractivity contribution is -0.119. The van der Waals surface area contributed by atoms with Gasteiger partial charge in [0, 0.05) is 5.75 Å². The van der Waals surface area contributed by atoms with Gasteiger partial charge in [-0.15, -0.1) is 11.8 Å². The Morgan fingerprint density at radius 1 is 0.767 bits per heavy atom. The van der Waals surface area contributed by atoms with Crippen LogP contribution in [0.4, 0.5) is 5.69 Å². The molecule has 0 saturated carbocycles. The lowest BCUT2D eigenvalue weighted by Gasteiger charge is -2.18. The molecule has 0 unspecified atom stereocenters. The average molecular weight is 414 g/mol. The van der Waals surface area contributed by atoms with Gasteiger partial charge in [-0.05, 0) is 43.5 Å². The van der Waals surface area contributed by atoms with Crippen LogP contribution in [0.25, 0.3) is 5.57 Å². The van der Waals surface area contributed by atoms with Gasteiger partial charge in [0.25, 0.3) is 11.8 Å². The number of carbonyl (C=O) groups is 2. The van der Waals surface area contributed by atoms with E-state index in [1.165, 1.54) is 16.7 Å². The van der Waals surface area contributed by atoms with Crippen LogP contribution >= 0.6 is 11.8 Å². The standard InChI is InChI=1S/C26H23NO2S/c1-17-9-12-21(13-10-17)23-24(30-16-20-7-5-4-6-8-20)26(29)27(25(23)28)22-14-11-18(2)15-19(22)3/h4-15H,16H2,1-3H3. The third kappa shape index (κ3) is 3.83. The lowest BCUT2D eigenvalue weighted by atomic mass is 10.0. The van der Waals surface area contributed by atoms with Gasteiger partial charge < -0.3 is 0 Å². The quantitative estimate of drug-likeness (QED) is 0.494. The smallest absolute Gasteiger partial charge is 0.268 e. The summed E-state index contributed by atoms with van der Waals surface area (Å²) in [4.78, 5) is 28.8. The molecule has 0 aromatic heterocycles. The number of nitrogens with zero attached hydrogens (tertiary/aromatic N) is 1. The third-order valence-electron chi connectivity index (χ3n) is 5.20. The predicted molar refractivity (Wildman–Crippen MR) is 124 cm³/mol. The molecule has 0 fully saturated rings. The molecule has 3 aromatic carbocycles. The molecule has 1 aliphatic rings. The van der Waals surface area contributed by atoms with Crippen LogP contribution < -0.4 is 4.90 Å². The van der Waals surface area contributed by atoms with Crippen molar-refractivity contribution in [3.63, 3.8) is 0 Å². The molecule has 0 aliphatic carbocycles. The van der Waals surface area contributed by atoms with Crippen LogP contribution in [0.5, 0.6) is 0 Å². The number of amides is 2. The van der Waals surface area contributed by atoms with Crippen LogP contribution in [0.1, 0.15) is 27.8 Å². The maximum absolute atomic E-state index is 13.5. The van der Waals surface area contributed by atoms with E-state index in [4.69, 9.17) is 0 Å². The summed E-state index contributed by atoms with van der Waals surface area (Å²) in [5, 5.41) is 0. The Kier molecular flexibility index (Phi) is 5.60. The van der Waals surface area contributed by atoms with E-state index < -0.39 is 0 Å². The summed E-state index contributed by atoms with van der Waals surface area (Å²) < 4.78 is 0. The second-order valence-corrected chi connectivity index (χ2v) is 8.57. The van der Waals surface area contributed by atoms with Crippen LogP contribution in [0, 0.1) is 20.8 Å². The second-order valence-electron chi connectivity index (χ2n) is 7.58. The Balaban J connectivity index is 1.76. The van der Waals surface area contributed by atoms with Gasteiger partial charge in [-0.25, -0.2) is 4.90 Å². The highest BCUT2D eigenvalue weighted by molar-refractivity contribution is 8.03. The predicted octanol–water partition coefficient (Wildman–Crippen LogP) is 5.83. The molecule has 0 saturated heterocycles. The molecule has 3 nitrogen and oxygen atoms in total. The topological polar surface area (TPSA) is 37.4 Å². The minimum atomic E-state index is -0.258. The van der Waals surface area contributed by atoms with E-state index in [1.54, 1.807) is 0 Å². The zero-order valence-electron chi connectivity index (χ0n) is 17.3. The van der Waals surface area contributed by atoms with Gasteiger partial charge in [0.2, 0.25) is 0 Å². The van der Waals surface area contributed by atoms with Crippen LogP contribution in [0.15, 0.2) is 77.7 Å². The van der Waals surface area contributed by atoms with Crippen molar-refractivity contribution in [1.82, 2.24) is 0 Å². The molecule has 0 radical (unpaired) electrons. The first-order valence-corrected chi connectivity index (χ1v) is 10.9. The van der Waals surface area contributed by atoms with Crippen molar-refractivity contribution in [1.29, 1.82) is 0 Å². The molecule has 4 heteroatoms. The highest BCUT2D eigenvalue weighted by Gasteiger charge is 2.40. The SMILES string of the molecule is Cc1ccc(C2=C(SCc3ccccc3)C(=O)N(c3ccc(C)cc3C)C2=O)cc1. The fourth-order valence-corrected chi connectivity index (χ4v) is 4.69. The molecule has 0 bridgehead atoms. The molecule has 0 spiro atoms. The van der Waals surface area contributed by atoms with Crippen molar-refractivity contribution in [3.05, 3.63) is 106 Å². The van der Waals surface area contributed by atoms with E-state index in [0.717, 1.165) is 27.8 Å². The summed E-state index contributed by atoms with van der Waals surface area (Å²) in [5.41, 5.74) is 6.15. The van der Waals surface area contributed by atoms with Gasteiger partial charge in [0.05, 0.1) is 16.2 Å². The van der Waals surface area contributed by atoms with E-state index in [-0.39, 0.29) is 11.8 Å². The number of hydrogen-bond acceptors (Lipinski definition) is 3. The lowest BCUT2D eigenvalue weighted by Crippen LogP contribution is -2.32. The molecular weight excluding hydrogens is 390 g/mol. The van der Waals surface area contributed by atoms with Crippen molar-refractivity contribution < 1.29 is 9.59 Å². The second kappa shape index (κ2) is 8.33. The van der Waals surface area contributed by atoms with Crippen LogP contribution in [0.3, 0.4) is 0 Å². The maximum atomic E-state index is 13.5. The van der Waals surface area contributed by atoms with E-state index >= 15 is 0 Å². The summed E-state index contributed by atoms with van der Waals surface area (Å²) >= 11 is 1.43. The van der Waals surface area contributed by atoms with Crippen LogP contribution in [-0.2, 0) is 15.3 Å². The van der Waals surface area contributed by atoms with Gasteiger partial charge in [-0.2, -0.15) is 0 Å². The highest BCUT2D eigenvalue weighted by Crippen LogP contribution is 2.40. The van der Waals surface area contributed by atoms with Crippen molar-refractivity contribution in [2.75, 3.05) is 4.90 Å². The summed E-state index contributed by atoms with van der Waals surface area (Å²) in [7, 11) is 0. The first-order chi connectivity index (χ1) is 14.5. The van der Waals surface area contributed by atoms with E-state index in [9.17, 15) is 9.59 Å². The summed E-state index contributed by atoms with van der Waals surface area (Å²) in [5.74, 6) is 0.125. The summed E-state index contributed by atoms with van der Waals surface area (Å²) in [6.07, 6.45) is 0. The van der Waals surface area contributed by atoms with Crippen molar-refractivity contribution >= 4 is 34.8 Å². The maximum Gasteiger partial charge on any atom is 0.272 e. The van der Waals surface area contributed by atoms with E-state index in [1.807, 2.05) is 93.6 Å². The van der Waals surface area contributed by atoms with Crippen molar-refractivity contribution in [2.45, 2.75) is 26.5 Å². The zero-order valence-corrected chi connectivity index (χ0v) is 18.1. The molecule has 1 heterocycles. The number of anilines is 1. The van der Waals surface area contributed by atoms with Gasteiger partial charge in [0.15, 0.2) is 0 Å². The average Bonchev–Trinajstić information content (AvgIpc) is 2.98. The van der Waals surface area contributed by atoms with Gasteiger partial charge >= 0.3 is 0 Å². The summed E-state index contributed by atoms with van der Waals surface area (Å²) in [6, 6.07) is 23.6.